The van der Waals surface area contributed by atoms with Gasteiger partial charge < -0.3 is 10.2 Å². The van der Waals surface area contributed by atoms with Gasteiger partial charge in [-0.1, -0.05) is 32.0 Å². The maximum Gasteiger partial charge on any atom is 0.252 e. The summed E-state index contributed by atoms with van der Waals surface area (Å²) in [5.41, 5.74) is 4.10. The predicted molar refractivity (Wildman–Crippen MR) is 103 cm³/mol. The second kappa shape index (κ2) is 8.43. The number of carbonyl (C=O) groups is 1. The van der Waals surface area contributed by atoms with E-state index in [2.05, 4.69) is 24.1 Å². The Bertz CT molecular complexity index is 737. The van der Waals surface area contributed by atoms with Crippen LogP contribution < -0.4 is 5.32 Å². The van der Waals surface area contributed by atoms with Crippen LogP contribution in [-0.4, -0.2) is 42.0 Å². The van der Waals surface area contributed by atoms with Crippen molar-refractivity contribution in [2.45, 2.75) is 46.0 Å². The minimum Gasteiger partial charge on any atom is -0.352 e. The van der Waals surface area contributed by atoms with Gasteiger partial charge in [0.05, 0.1) is 11.1 Å². The summed E-state index contributed by atoms with van der Waals surface area (Å²) in [6.07, 6.45) is 5.26. The van der Waals surface area contributed by atoms with Crippen LogP contribution in [0.3, 0.4) is 0 Å². The van der Waals surface area contributed by atoms with Crippen molar-refractivity contribution in [1.82, 2.24) is 15.2 Å². The number of fused-ring (bicyclic) bond motifs is 2. The number of hydrogen-bond donors (Lipinski definition) is 1. The molecule has 0 radical (unpaired) electrons. The highest BCUT2D eigenvalue weighted by molar-refractivity contribution is 6.07. The van der Waals surface area contributed by atoms with E-state index in [1.165, 1.54) is 12.0 Å². The molecular weight excluding hydrogens is 310 g/mol. The van der Waals surface area contributed by atoms with E-state index < -0.39 is 0 Å². The van der Waals surface area contributed by atoms with Crippen molar-refractivity contribution >= 4 is 16.8 Å². The molecule has 1 aromatic carbocycles. The third-order valence-corrected chi connectivity index (χ3v) is 5.23. The summed E-state index contributed by atoms with van der Waals surface area (Å²) in [6.45, 7) is 8.23. The zero-order valence-corrected chi connectivity index (χ0v) is 15.5. The van der Waals surface area contributed by atoms with Gasteiger partial charge in [-0.3, -0.25) is 9.78 Å². The van der Waals surface area contributed by atoms with Crippen molar-refractivity contribution in [3.8, 4) is 0 Å². The Hall–Kier alpha value is -1.94. The van der Waals surface area contributed by atoms with E-state index in [4.69, 9.17) is 4.98 Å². The predicted octanol–water partition coefficient (Wildman–Crippen LogP) is 3.58. The zero-order chi connectivity index (χ0) is 17.6. The van der Waals surface area contributed by atoms with Gasteiger partial charge in [-0.2, -0.15) is 0 Å². The maximum atomic E-state index is 13.0. The van der Waals surface area contributed by atoms with Crippen LogP contribution in [0, 0.1) is 0 Å². The molecule has 134 valence electrons. The Morgan fingerprint density at radius 1 is 1.16 bits per heavy atom. The second-order valence-electron chi connectivity index (χ2n) is 6.77. The molecule has 0 aliphatic heterocycles. The Balaban J connectivity index is 1.78. The normalized spacial score (nSPS) is 13.9. The number of para-hydroxylation sites is 1. The van der Waals surface area contributed by atoms with Gasteiger partial charge in [0.2, 0.25) is 0 Å². The van der Waals surface area contributed by atoms with Crippen LogP contribution in [0.1, 0.15) is 54.7 Å². The highest BCUT2D eigenvalue weighted by Gasteiger charge is 2.22. The summed E-state index contributed by atoms with van der Waals surface area (Å²) in [4.78, 5) is 20.2. The number of rotatable bonds is 7. The van der Waals surface area contributed by atoms with Crippen molar-refractivity contribution in [1.29, 1.82) is 0 Å². The van der Waals surface area contributed by atoms with Crippen LogP contribution in [0.2, 0.25) is 0 Å². The number of hydrogen-bond acceptors (Lipinski definition) is 3. The molecule has 0 saturated heterocycles. The standard InChI is InChI=1S/C21H29N3O/c1-3-24(4-2)15-9-14-22-21(25)20-16-10-5-7-12-18(16)23-19-13-8-6-11-17(19)20/h5,7,10,12H,3-4,6,8-9,11,13-15H2,1-2H3,(H,22,25). The summed E-state index contributed by atoms with van der Waals surface area (Å²) in [5, 5.41) is 4.14. The van der Waals surface area contributed by atoms with Gasteiger partial charge in [0.1, 0.15) is 0 Å². The van der Waals surface area contributed by atoms with E-state index in [9.17, 15) is 4.79 Å². The van der Waals surface area contributed by atoms with E-state index in [0.29, 0.717) is 0 Å². The van der Waals surface area contributed by atoms with Crippen molar-refractivity contribution in [2.24, 2.45) is 0 Å². The summed E-state index contributed by atoms with van der Waals surface area (Å²) in [7, 11) is 0. The molecule has 0 spiro atoms. The van der Waals surface area contributed by atoms with E-state index in [1.807, 2.05) is 24.3 Å². The highest BCUT2D eigenvalue weighted by Crippen LogP contribution is 2.29. The number of carbonyl (C=O) groups excluding carboxylic acids is 1. The molecule has 0 atom stereocenters. The molecule has 2 aromatic rings. The second-order valence-corrected chi connectivity index (χ2v) is 6.77. The summed E-state index contributed by atoms with van der Waals surface area (Å²) >= 11 is 0. The first-order chi connectivity index (χ1) is 12.2. The average molecular weight is 339 g/mol. The molecular formula is C21H29N3O. The van der Waals surface area contributed by atoms with E-state index >= 15 is 0 Å². The summed E-state index contributed by atoms with van der Waals surface area (Å²) < 4.78 is 0. The summed E-state index contributed by atoms with van der Waals surface area (Å²) in [6, 6.07) is 8.04. The molecule has 4 heteroatoms. The largest absolute Gasteiger partial charge is 0.352 e. The SMILES string of the molecule is CCN(CC)CCCNC(=O)c1c2c(nc3ccccc13)CCCC2. The van der Waals surface area contributed by atoms with Crippen molar-refractivity contribution in [2.75, 3.05) is 26.2 Å². The van der Waals surface area contributed by atoms with Crippen LogP contribution in [0.25, 0.3) is 10.9 Å². The van der Waals surface area contributed by atoms with Crippen LogP contribution in [0.5, 0.6) is 0 Å². The smallest absolute Gasteiger partial charge is 0.252 e. The minimum atomic E-state index is 0.0660. The molecule has 25 heavy (non-hydrogen) atoms. The van der Waals surface area contributed by atoms with E-state index in [-0.39, 0.29) is 5.91 Å². The quantitative estimate of drug-likeness (QED) is 0.784. The van der Waals surface area contributed by atoms with Gasteiger partial charge in [-0.25, -0.2) is 0 Å². The lowest BCUT2D eigenvalue weighted by Crippen LogP contribution is -2.31. The van der Waals surface area contributed by atoms with Gasteiger partial charge in [0.25, 0.3) is 5.91 Å². The lowest BCUT2D eigenvalue weighted by atomic mass is 9.89. The molecule has 1 amide bonds. The Morgan fingerprint density at radius 3 is 2.72 bits per heavy atom. The molecule has 0 bridgehead atoms. The number of pyridine rings is 1. The maximum absolute atomic E-state index is 13.0. The van der Waals surface area contributed by atoms with Crippen LogP contribution in [0.15, 0.2) is 24.3 Å². The van der Waals surface area contributed by atoms with Gasteiger partial charge in [-0.05, 0) is 63.4 Å². The first-order valence-corrected chi connectivity index (χ1v) is 9.65. The Labute approximate surface area is 150 Å². The van der Waals surface area contributed by atoms with Gasteiger partial charge in [0, 0.05) is 17.6 Å². The molecule has 1 N–H and O–H groups in total. The number of benzene rings is 1. The molecule has 0 saturated carbocycles. The van der Waals surface area contributed by atoms with Gasteiger partial charge in [-0.15, -0.1) is 0 Å². The third-order valence-electron chi connectivity index (χ3n) is 5.23. The minimum absolute atomic E-state index is 0.0660. The molecule has 1 heterocycles. The van der Waals surface area contributed by atoms with Crippen molar-refractivity contribution in [3.63, 3.8) is 0 Å². The Morgan fingerprint density at radius 2 is 1.92 bits per heavy atom. The van der Waals surface area contributed by atoms with E-state index in [1.54, 1.807) is 0 Å². The number of amides is 1. The molecule has 3 rings (SSSR count). The lowest BCUT2D eigenvalue weighted by molar-refractivity contribution is 0.0952. The van der Waals surface area contributed by atoms with Crippen molar-refractivity contribution < 1.29 is 4.79 Å². The van der Waals surface area contributed by atoms with Gasteiger partial charge >= 0.3 is 0 Å². The monoisotopic (exact) mass is 339 g/mol. The first kappa shape index (κ1) is 17.9. The topological polar surface area (TPSA) is 45.2 Å². The average Bonchev–Trinajstić information content (AvgIpc) is 2.66. The highest BCUT2D eigenvalue weighted by atomic mass is 16.1. The van der Waals surface area contributed by atoms with Crippen LogP contribution in [-0.2, 0) is 12.8 Å². The zero-order valence-electron chi connectivity index (χ0n) is 15.5. The molecule has 1 aromatic heterocycles. The number of nitrogens with zero attached hydrogens (tertiary/aromatic N) is 2. The van der Waals surface area contributed by atoms with Gasteiger partial charge in [0.15, 0.2) is 0 Å². The summed E-state index contributed by atoms with van der Waals surface area (Å²) in [5.74, 6) is 0.0660. The fourth-order valence-corrected chi connectivity index (χ4v) is 3.76. The van der Waals surface area contributed by atoms with Crippen molar-refractivity contribution in [3.05, 3.63) is 41.1 Å². The first-order valence-electron chi connectivity index (χ1n) is 9.65. The fraction of sp³-hybridized carbons (Fsp3) is 0.524. The van der Waals surface area contributed by atoms with E-state index in [0.717, 1.165) is 74.0 Å². The molecule has 4 nitrogen and oxygen atoms in total. The van der Waals surface area contributed by atoms with Crippen LogP contribution >= 0.6 is 0 Å². The lowest BCUT2D eigenvalue weighted by Gasteiger charge is -2.21. The molecule has 1 aliphatic carbocycles. The Kier molecular flexibility index (Phi) is 6.03. The number of nitrogens with one attached hydrogen (secondary N) is 1. The molecule has 0 fully saturated rings. The molecule has 1 aliphatic rings. The third kappa shape index (κ3) is 4.01. The number of aromatic nitrogens is 1. The number of aryl methyl sites for hydroxylation is 1. The fourth-order valence-electron chi connectivity index (χ4n) is 3.76. The van der Waals surface area contributed by atoms with Crippen LogP contribution in [0.4, 0.5) is 0 Å². The molecule has 0 unspecified atom stereocenters.